The lowest BCUT2D eigenvalue weighted by Crippen LogP contribution is -2.14. The van der Waals surface area contributed by atoms with E-state index in [0.29, 0.717) is 31.4 Å². The molecule has 0 amide bonds. The number of aromatic hydroxyl groups is 1. The predicted octanol–water partition coefficient (Wildman–Crippen LogP) is 4.56. The number of aromatic nitrogens is 1. The molecule has 0 unspecified atom stereocenters. The number of halogens is 1. The molecule has 3 heterocycles. The van der Waals surface area contributed by atoms with E-state index in [0.717, 1.165) is 11.3 Å². The second-order valence-electron chi connectivity index (χ2n) is 5.89. The molecule has 0 bridgehead atoms. The van der Waals surface area contributed by atoms with Gasteiger partial charge in [-0.2, -0.15) is 0 Å². The lowest BCUT2D eigenvalue weighted by atomic mass is 10.0. The first-order chi connectivity index (χ1) is 13.5. The smallest absolute Gasteiger partial charge is 0.357 e. The van der Waals surface area contributed by atoms with Crippen LogP contribution in [0, 0.1) is 9.77 Å². The lowest BCUT2D eigenvalue weighted by Gasteiger charge is -2.05. The molecule has 142 valence electrons. The van der Waals surface area contributed by atoms with Crippen LogP contribution in [0.1, 0.15) is 16.2 Å². The Labute approximate surface area is 167 Å². The second kappa shape index (κ2) is 7.17. The maximum Gasteiger partial charge on any atom is 0.357 e. The molecule has 0 spiro atoms. The zero-order valence-corrected chi connectivity index (χ0v) is 16.1. The number of hydrogen-bond donors (Lipinski definition) is 1. The number of ether oxygens (including phenoxy) is 1. The Morgan fingerprint density at radius 1 is 1.46 bits per heavy atom. The molecule has 28 heavy (non-hydrogen) atoms. The van der Waals surface area contributed by atoms with Crippen LogP contribution in [-0.4, -0.2) is 28.5 Å². The number of rotatable bonds is 4. The van der Waals surface area contributed by atoms with Gasteiger partial charge in [0.1, 0.15) is 11.6 Å². The van der Waals surface area contributed by atoms with Gasteiger partial charge < -0.3 is 14.3 Å². The van der Waals surface area contributed by atoms with E-state index in [1.54, 1.807) is 18.2 Å². The molecule has 0 saturated carbocycles. The highest BCUT2D eigenvalue weighted by molar-refractivity contribution is 7.73. The normalized spacial score (nSPS) is 14.2. The van der Waals surface area contributed by atoms with Crippen molar-refractivity contribution in [1.82, 2.24) is 4.57 Å². The van der Waals surface area contributed by atoms with Crippen LogP contribution >= 0.6 is 23.6 Å². The van der Waals surface area contributed by atoms with Crippen molar-refractivity contribution in [1.29, 1.82) is 0 Å². The van der Waals surface area contributed by atoms with Crippen molar-refractivity contribution in [3.63, 3.8) is 0 Å². The molecule has 0 aliphatic carbocycles. The number of methoxy groups -OCH3 is 1. The average molecular weight is 416 g/mol. The molecule has 1 N–H and O–H groups in total. The average Bonchev–Trinajstić information content (AvgIpc) is 3.37. The maximum absolute atomic E-state index is 13.8. The van der Waals surface area contributed by atoms with E-state index in [9.17, 15) is 14.3 Å². The van der Waals surface area contributed by atoms with E-state index in [1.807, 2.05) is 0 Å². The van der Waals surface area contributed by atoms with Gasteiger partial charge in [-0.25, -0.2) is 14.2 Å². The highest BCUT2D eigenvalue weighted by atomic mass is 32.1. The quantitative estimate of drug-likeness (QED) is 0.498. The fourth-order valence-electron chi connectivity index (χ4n) is 2.87. The largest absolute Gasteiger partial charge is 0.493 e. The third-order valence-electron chi connectivity index (χ3n) is 4.18. The van der Waals surface area contributed by atoms with Gasteiger partial charge in [0.15, 0.2) is 9.67 Å². The zero-order valence-electron chi connectivity index (χ0n) is 14.5. The van der Waals surface area contributed by atoms with Crippen LogP contribution in [0.3, 0.4) is 0 Å². The molecule has 4 rings (SSSR count). The Morgan fingerprint density at radius 3 is 3.00 bits per heavy atom. The molecule has 0 saturated heterocycles. The van der Waals surface area contributed by atoms with Crippen molar-refractivity contribution in [3.8, 4) is 5.88 Å². The number of carbonyl (C=O) groups excluding carboxylic acids is 1. The van der Waals surface area contributed by atoms with Crippen LogP contribution < -0.4 is 0 Å². The Morgan fingerprint density at radius 2 is 2.29 bits per heavy atom. The Balaban J connectivity index is 1.81. The predicted molar refractivity (Wildman–Crippen MR) is 106 cm³/mol. The van der Waals surface area contributed by atoms with Gasteiger partial charge in [-0.05, 0) is 48.6 Å². The van der Waals surface area contributed by atoms with Crippen LogP contribution in [0.15, 0.2) is 46.0 Å². The summed E-state index contributed by atoms with van der Waals surface area (Å²) in [5.74, 6) is -0.555. The summed E-state index contributed by atoms with van der Waals surface area (Å²) in [6, 6.07) is 7.56. The molecule has 0 radical (unpaired) electrons. The Bertz CT molecular complexity index is 1190. The Hall–Kier alpha value is -3.04. The first kappa shape index (κ1) is 18.3. The summed E-state index contributed by atoms with van der Waals surface area (Å²) in [6.07, 6.45) is 3.10. The second-order valence-corrected chi connectivity index (χ2v) is 7.57. The van der Waals surface area contributed by atoms with Crippen LogP contribution in [0.4, 0.5) is 10.1 Å². The summed E-state index contributed by atoms with van der Waals surface area (Å²) in [6.45, 7) is 0.264. The summed E-state index contributed by atoms with van der Waals surface area (Å²) < 4.78 is 25.8. The minimum atomic E-state index is -0.652. The maximum atomic E-state index is 13.8. The van der Waals surface area contributed by atoms with Crippen molar-refractivity contribution in [2.24, 2.45) is 4.99 Å². The van der Waals surface area contributed by atoms with E-state index in [4.69, 9.17) is 21.4 Å². The molecule has 0 fully saturated rings. The lowest BCUT2D eigenvalue weighted by molar-refractivity contribution is -0.132. The topological polar surface area (TPSA) is 77.0 Å². The minimum Gasteiger partial charge on any atom is -0.493 e. The summed E-state index contributed by atoms with van der Waals surface area (Å²) in [5, 5.41) is 10.6. The van der Waals surface area contributed by atoms with E-state index < -0.39 is 11.8 Å². The molecule has 1 aliphatic rings. The van der Waals surface area contributed by atoms with Gasteiger partial charge in [-0.1, -0.05) is 0 Å². The summed E-state index contributed by atoms with van der Waals surface area (Å²) in [4.78, 5) is 16.8. The highest BCUT2D eigenvalue weighted by Crippen LogP contribution is 2.39. The molecule has 2 aromatic heterocycles. The number of esters is 1. The Kier molecular flexibility index (Phi) is 4.70. The van der Waals surface area contributed by atoms with Crippen LogP contribution in [0.5, 0.6) is 5.88 Å². The van der Waals surface area contributed by atoms with Crippen molar-refractivity contribution >= 4 is 52.6 Å². The summed E-state index contributed by atoms with van der Waals surface area (Å²) in [7, 11) is 1.24. The third kappa shape index (κ3) is 3.19. The van der Waals surface area contributed by atoms with Gasteiger partial charge in [-0.15, -0.1) is 11.3 Å². The number of thiazole rings is 1. The molecule has 1 aliphatic heterocycles. The minimum absolute atomic E-state index is 0.0411. The van der Waals surface area contributed by atoms with Crippen LogP contribution in [0.2, 0.25) is 0 Å². The summed E-state index contributed by atoms with van der Waals surface area (Å²) >= 11 is 6.50. The zero-order chi connectivity index (χ0) is 19.8. The molecule has 1 aromatic carbocycles. The fraction of sp³-hybridized carbons (Fsp3) is 0.105. The molecular weight excluding hydrogens is 403 g/mol. The number of aliphatic imine (C=N–C) groups is 1. The van der Waals surface area contributed by atoms with Gasteiger partial charge in [0.2, 0.25) is 5.88 Å². The first-order valence-electron chi connectivity index (χ1n) is 8.12. The molecule has 3 aromatic rings. The van der Waals surface area contributed by atoms with Gasteiger partial charge in [-0.3, -0.25) is 4.57 Å². The molecular formula is C19H13FN2O4S2. The van der Waals surface area contributed by atoms with Crippen molar-refractivity contribution in [3.05, 3.63) is 62.6 Å². The van der Waals surface area contributed by atoms with E-state index >= 15 is 0 Å². The first-order valence-corrected chi connectivity index (χ1v) is 9.34. The van der Waals surface area contributed by atoms with E-state index in [1.165, 1.54) is 36.1 Å². The van der Waals surface area contributed by atoms with Crippen LogP contribution in [0.25, 0.3) is 11.6 Å². The van der Waals surface area contributed by atoms with Gasteiger partial charge in [0.25, 0.3) is 0 Å². The number of benzene rings is 1. The molecule has 6 nitrogen and oxygen atoms in total. The van der Waals surface area contributed by atoms with E-state index in [-0.39, 0.29) is 18.1 Å². The SMILES string of the molecule is COC(=O)C1=Nc2ccc(F)cc2C1=Cc1sc(=S)n(Cc2ccco2)c1O. The van der Waals surface area contributed by atoms with Gasteiger partial charge in [0, 0.05) is 11.1 Å². The fourth-order valence-corrected chi connectivity index (χ4v) is 4.11. The number of nitrogens with zero attached hydrogens (tertiary/aromatic N) is 2. The number of carbonyl (C=O) groups is 1. The van der Waals surface area contributed by atoms with Gasteiger partial charge in [0.05, 0.1) is 30.5 Å². The molecule has 0 atom stereocenters. The monoisotopic (exact) mass is 416 g/mol. The summed E-state index contributed by atoms with van der Waals surface area (Å²) in [5.41, 5.74) is 1.29. The highest BCUT2D eigenvalue weighted by Gasteiger charge is 2.28. The third-order valence-corrected chi connectivity index (χ3v) is 5.56. The van der Waals surface area contributed by atoms with Crippen LogP contribution in [-0.2, 0) is 16.1 Å². The van der Waals surface area contributed by atoms with Crippen molar-refractivity contribution in [2.45, 2.75) is 6.54 Å². The van der Waals surface area contributed by atoms with Crippen molar-refractivity contribution < 1.29 is 23.4 Å². The van der Waals surface area contributed by atoms with Crippen molar-refractivity contribution in [2.75, 3.05) is 7.11 Å². The molecule has 9 heteroatoms. The van der Waals surface area contributed by atoms with Gasteiger partial charge >= 0.3 is 5.97 Å². The number of hydrogen-bond acceptors (Lipinski definition) is 7. The number of furan rings is 1. The van der Waals surface area contributed by atoms with E-state index in [2.05, 4.69) is 4.99 Å². The number of fused-ring (bicyclic) bond motifs is 1. The standard InChI is InChI=1S/C19H13FN2O4S2/c1-25-18(24)16-13(12-7-10(20)4-5-14(12)21-16)8-15-17(23)22(19(27)28-15)9-11-3-2-6-26-11/h2-8,23H,9H2,1H3.